The Morgan fingerprint density at radius 3 is 2.61 bits per heavy atom. The van der Waals surface area contributed by atoms with Crippen LogP contribution < -0.4 is 10.4 Å². The third kappa shape index (κ3) is 3.48. The van der Waals surface area contributed by atoms with Gasteiger partial charge < -0.3 is 4.74 Å². The van der Waals surface area contributed by atoms with Gasteiger partial charge in [0.2, 0.25) is 0 Å². The molecule has 1 aliphatic heterocycles. The molecular weight excluding hydrogens is 426 g/mol. The quantitative estimate of drug-likeness (QED) is 0.432. The highest BCUT2D eigenvalue weighted by Gasteiger charge is 2.29. The molecule has 1 atom stereocenters. The molecule has 156 valence electrons. The van der Waals surface area contributed by atoms with Gasteiger partial charge in [-0.3, -0.25) is 4.57 Å². The summed E-state index contributed by atoms with van der Waals surface area (Å²) in [6.07, 6.45) is 2.32. The molecular formula is C22H15ClF2N4O2. The Kier molecular flexibility index (Phi) is 4.78. The smallest absolute Gasteiger partial charge is 0.351 e. The van der Waals surface area contributed by atoms with E-state index >= 15 is 0 Å². The minimum Gasteiger partial charge on any atom is -0.451 e. The maximum Gasteiger partial charge on any atom is 0.351 e. The van der Waals surface area contributed by atoms with Gasteiger partial charge in [0.15, 0.2) is 23.1 Å². The number of aromatic nitrogens is 4. The van der Waals surface area contributed by atoms with Crippen molar-refractivity contribution in [2.45, 2.75) is 18.9 Å². The van der Waals surface area contributed by atoms with Gasteiger partial charge >= 0.3 is 5.69 Å². The average molecular weight is 441 g/mol. The van der Waals surface area contributed by atoms with Crippen LogP contribution >= 0.6 is 11.6 Å². The molecule has 0 saturated carbocycles. The Morgan fingerprint density at radius 1 is 1.03 bits per heavy atom. The highest BCUT2D eigenvalue weighted by molar-refractivity contribution is 6.29. The Labute approximate surface area is 180 Å². The minimum absolute atomic E-state index is 0.0143. The van der Waals surface area contributed by atoms with Gasteiger partial charge in [-0.15, -0.1) is 5.10 Å². The number of rotatable bonds is 4. The van der Waals surface area contributed by atoms with E-state index in [4.69, 9.17) is 16.3 Å². The van der Waals surface area contributed by atoms with E-state index in [-0.39, 0.29) is 34.1 Å². The van der Waals surface area contributed by atoms with E-state index in [2.05, 4.69) is 10.1 Å². The van der Waals surface area contributed by atoms with Crippen LogP contribution in [0.2, 0.25) is 5.15 Å². The van der Waals surface area contributed by atoms with Crippen molar-refractivity contribution in [3.05, 3.63) is 99.5 Å². The van der Waals surface area contributed by atoms with Gasteiger partial charge in [0.1, 0.15) is 11.0 Å². The van der Waals surface area contributed by atoms with E-state index in [0.29, 0.717) is 12.2 Å². The maximum atomic E-state index is 14.7. The van der Waals surface area contributed by atoms with Crippen LogP contribution in [-0.2, 0) is 6.42 Å². The van der Waals surface area contributed by atoms with Crippen LogP contribution in [0.1, 0.15) is 23.9 Å². The average Bonchev–Trinajstić information content (AvgIpc) is 3.33. The van der Waals surface area contributed by atoms with Crippen molar-refractivity contribution >= 4 is 11.6 Å². The number of benzene rings is 2. The topological polar surface area (TPSA) is 61.9 Å². The lowest BCUT2D eigenvalue weighted by Gasteiger charge is -2.12. The van der Waals surface area contributed by atoms with Crippen molar-refractivity contribution in [2.24, 2.45) is 0 Å². The first-order chi connectivity index (χ1) is 15.0. The second kappa shape index (κ2) is 7.63. The number of hydrogen-bond donors (Lipinski definition) is 0. The Hall–Kier alpha value is -3.52. The van der Waals surface area contributed by atoms with Crippen LogP contribution in [0.15, 0.2) is 65.6 Å². The van der Waals surface area contributed by atoms with E-state index in [9.17, 15) is 13.6 Å². The molecule has 0 radical (unpaired) electrons. The van der Waals surface area contributed by atoms with E-state index in [1.807, 2.05) is 30.3 Å². The summed E-state index contributed by atoms with van der Waals surface area (Å²) in [6.45, 7) is 0. The lowest BCUT2D eigenvalue weighted by atomic mass is 10.1. The number of halogens is 3. The van der Waals surface area contributed by atoms with Crippen LogP contribution in [0, 0.1) is 11.6 Å². The van der Waals surface area contributed by atoms with E-state index in [0.717, 1.165) is 30.3 Å². The molecule has 4 aromatic rings. The fourth-order valence-electron chi connectivity index (χ4n) is 3.75. The maximum absolute atomic E-state index is 14.7. The number of ether oxygens (including phenoxy) is 1. The van der Waals surface area contributed by atoms with Crippen molar-refractivity contribution in [3.8, 4) is 17.2 Å². The lowest BCUT2D eigenvalue weighted by Crippen LogP contribution is -2.26. The predicted molar refractivity (Wildman–Crippen MR) is 110 cm³/mol. The van der Waals surface area contributed by atoms with Gasteiger partial charge in [0.05, 0.1) is 17.9 Å². The number of aryl methyl sites for hydroxylation is 1. The largest absolute Gasteiger partial charge is 0.451 e. The van der Waals surface area contributed by atoms with Crippen LogP contribution in [-0.4, -0.2) is 19.3 Å². The normalized spacial score (nSPS) is 15.1. The monoisotopic (exact) mass is 440 g/mol. The third-order valence-electron chi connectivity index (χ3n) is 5.18. The van der Waals surface area contributed by atoms with Crippen molar-refractivity contribution in [1.29, 1.82) is 0 Å². The second-order valence-electron chi connectivity index (χ2n) is 7.10. The number of fused-ring (bicyclic) bond motifs is 1. The number of pyridine rings is 1. The molecule has 31 heavy (non-hydrogen) atoms. The summed E-state index contributed by atoms with van der Waals surface area (Å²) in [4.78, 5) is 16.6. The molecule has 0 saturated heterocycles. The predicted octanol–water partition coefficient (Wildman–Crippen LogP) is 4.69. The Morgan fingerprint density at radius 2 is 1.84 bits per heavy atom. The number of hydrogen-bond acceptors (Lipinski definition) is 4. The van der Waals surface area contributed by atoms with Gasteiger partial charge in [-0.1, -0.05) is 41.9 Å². The van der Waals surface area contributed by atoms with Crippen LogP contribution in [0.5, 0.6) is 11.5 Å². The van der Waals surface area contributed by atoms with Gasteiger partial charge in [-0.2, -0.15) is 4.68 Å². The van der Waals surface area contributed by atoms with Gasteiger partial charge in [0, 0.05) is 18.6 Å². The summed E-state index contributed by atoms with van der Waals surface area (Å²) < 4.78 is 36.6. The van der Waals surface area contributed by atoms with Gasteiger partial charge in [-0.05, 0) is 24.1 Å². The van der Waals surface area contributed by atoms with Crippen LogP contribution in [0.3, 0.4) is 0 Å². The molecule has 9 heteroatoms. The third-order valence-corrected chi connectivity index (χ3v) is 5.39. The van der Waals surface area contributed by atoms with Crippen molar-refractivity contribution < 1.29 is 13.5 Å². The first-order valence-electron chi connectivity index (χ1n) is 9.55. The molecule has 5 rings (SSSR count). The first-order valence-corrected chi connectivity index (χ1v) is 9.93. The number of nitrogens with zero attached hydrogens (tertiary/aromatic N) is 4. The van der Waals surface area contributed by atoms with Gasteiger partial charge in [-0.25, -0.2) is 18.6 Å². The minimum atomic E-state index is -0.776. The fraction of sp³-hybridized carbons (Fsp3) is 0.136. The molecule has 0 fully saturated rings. The van der Waals surface area contributed by atoms with Crippen molar-refractivity contribution in [1.82, 2.24) is 19.3 Å². The van der Waals surface area contributed by atoms with E-state index in [1.165, 1.54) is 16.8 Å². The molecule has 2 aromatic carbocycles. The van der Waals surface area contributed by atoms with Crippen molar-refractivity contribution in [3.63, 3.8) is 0 Å². The first kappa shape index (κ1) is 19.4. The van der Waals surface area contributed by atoms with Gasteiger partial charge in [0.25, 0.3) is 0 Å². The molecule has 2 aromatic heterocycles. The Balaban J connectivity index is 1.48. The van der Waals surface area contributed by atoms with E-state index in [1.54, 1.807) is 4.57 Å². The summed E-state index contributed by atoms with van der Waals surface area (Å²) in [5, 5.41) is 4.41. The highest BCUT2D eigenvalue weighted by atomic mass is 35.5. The van der Waals surface area contributed by atoms with Crippen LogP contribution in [0.4, 0.5) is 8.78 Å². The molecule has 1 unspecified atom stereocenters. The second-order valence-corrected chi connectivity index (χ2v) is 7.49. The molecule has 1 aliphatic rings. The van der Waals surface area contributed by atoms with E-state index < -0.39 is 11.6 Å². The molecule has 0 N–H and O–H groups in total. The SMILES string of the molecule is O=c1n(-c2ccc(Oc3cc(Cl)ncc3F)c(F)c2)nc2n1C(c1ccccc1)CC2. The molecule has 0 amide bonds. The fourth-order valence-corrected chi connectivity index (χ4v) is 3.90. The zero-order valence-electron chi connectivity index (χ0n) is 16.0. The lowest BCUT2D eigenvalue weighted by molar-refractivity contribution is 0.413. The summed E-state index contributed by atoms with van der Waals surface area (Å²) >= 11 is 5.74. The summed E-state index contributed by atoms with van der Waals surface area (Å²) in [5.74, 6) is -1.37. The summed E-state index contributed by atoms with van der Waals surface area (Å²) in [5.41, 5.74) is 0.925. The van der Waals surface area contributed by atoms with Crippen molar-refractivity contribution in [2.75, 3.05) is 0 Å². The highest BCUT2D eigenvalue weighted by Crippen LogP contribution is 2.31. The molecule has 0 aliphatic carbocycles. The zero-order chi connectivity index (χ0) is 21.5. The molecule has 0 spiro atoms. The Bertz CT molecular complexity index is 1340. The van der Waals surface area contributed by atoms with Crippen LogP contribution in [0.25, 0.3) is 5.69 Å². The molecule has 0 bridgehead atoms. The summed E-state index contributed by atoms with van der Waals surface area (Å²) in [7, 11) is 0. The zero-order valence-corrected chi connectivity index (χ0v) is 16.8. The summed E-state index contributed by atoms with van der Waals surface area (Å²) in [6, 6.07) is 14.7. The standard InChI is InChI=1S/C22H15ClF2N4O2/c23-20-11-19(16(25)12-26-20)31-18-8-6-14(10-15(18)24)29-22(30)28-17(7-9-21(28)27-29)13-4-2-1-3-5-13/h1-6,8,10-12,17H,7,9H2. The molecule has 3 heterocycles. The molecule has 6 nitrogen and oxygen atoms in total.